The molecule has 0 spiro atoms. The summed E-state index contributed by atoms with van der Waals surface area (Å²) in [4.78, 5) is 16.1. The summed E-state index contributed by atoms with van der Waals surface area (Å²) in [6, 6.07) is 0.486. The van der Waals surface area contributed by atoms with Gasteiger partial charge >= 0.3 is 0 Å². The fraction of sp³-hybridized carbons (Fsp3) is 0.750. The number of guanidine groups is 1. The van der Waals surface area contributed by atoms with Crippen LogP contribution in [0.1, 0.15) is 38.5 Å². The summed E-state index contributed by atoms with van der Waals surface area (Å²) >= 11 is 0. The van der Waals surface area contributed by atoms with E-state index in [1.54, 1.807) is 13.2 Å². The largest absolute Gasteiger partial charge is 0.383 e. The van der Waals surface area contributed by atoms with E-state index in [9.17, 15) is 4.79 Å². The average molecular weight is 310 g/mol. The van der Waals surface area contributed by atoms with Gasteiger partial charge in [0.25, 0.3) is 0 Å². The Morgan fingerprint density at radius 3 is 2.77 bits per heavy atom. The van der Waals surface area contributed by atoms with Crippen molar-refractivity contribution in [2.24, 2.45) is 4.99 Å². The molecule has 6 nitrogen and oxygen atoms in total. The minimum Gasteiger partial charge on any atom is -0.383 e. The summed E-state index contributed by atoms with van der Waals surface area (Å²) in [5.74, 6) is 0.776. The molecule has 0 unspecified atom stereocenters. The zero-order valence-corrected chi connectivity index (χ0v) is 13.7. The van der Waals surface area contributed by atoms with Gasteiger partial charge in [-0.25, -0.2) is 0 Å². The monoisotopic (exact) mass is 310 g/mol. The number of hydrogen-bond donors (Lipinski definition) is 3. The summed E-state index contributed by atoms with van der Waals surface area (Å²) in [5, 5.41) is 9.46. The van der Waals surface area contributed by atoms with Gasteiger partial charge in [0.05, 0.1) is 13.2 Å². The first-order valence-electron chi connectivity index (χ1n) is 8.17. The Kier molecular flexibility index (Phi) is 10.1. The number of hydrogen-bond acceptors (Lipinski definition) is 3. The van der Waals surface area contributed by atoms with Crippen LogP contribution in [0.15, 0.2) is 17.6 Å². The van der Waals surface area contributed by atoms with E-state index >= 15 is 0 Å². The van der Waals surface area contributed by atoms with Gasteiger partial charge in [-0.15, -0.1) is 6.58 Å². The quantitative estimate of drug-likeness (QED) is 0.259. The Morgan fingerprint density at radius 2 is 2.09 bits per heavy atom. The zero-order chi connectivity index (χ0) is 16.0. The second kappa shape index (κ2) is 12.0. The Balaban J connectivity index is 2.33. The van der Waals surface area contributed by atoms with E-state index in [2.05, 4.69) is 27.5 Å². The standard InChI is InChI=1S/C16H30N4O2/c1-3-10-18-16(20-14-7-5-4-6-8-14)19-11-9-15(21)17-12-13-22-2/h3,14H,1,4-13H2,2H3,(H,17,21)(H2,18,19,20). The Labute approximate surface area is 133 Å². The number of nitrogens with zero attached hydrogens (tertiary/aromatic N) is 1. The molecule has 22 heavy (non-hydrogen) atoms. The van der Waals surface area contributed by atoms with Crippen molar-refractivity contribution in [1.29, 1.82) is 0 Å². The molecule has 0 bridgehead atoms. The van der Waals surface area contributed by atoms with Gasteiger partial charge in [0.1, 0.15) is 0 Å². The molecule has 1 saturated carbocycles. The van der Waals surface area contributed by atoms with Gasteiger partial charge in [-0.05, 0) is 12.8 Å². The molecule has 3 N–H and O–H groups in total. The smallest absolute Gasteiger partial charge is 0.221 e. The van der Waals surface area contributed by atoms with Gasteiger partial charge in [0.15, 0.2) is 5.96 Å². The van der Waals surface area contributed by atoms with Crippen LogP contribution >= 0.6 is 0 Å². The summed E-state index contributed by atoms with van der Waals surface area (Å²) in [5.41, 5.74) is 0. The lowest BCUT2D eigenvalue weighted by Crippen LogP contribution is -2.44. The molecule has 0 aliphatic heterocycles. The maximum Gasteiger partial charge on any atom is 0.221 e. The normalized spacial score (nSPS) is 16.1. The molecule has 0 radical (unpaired) electrons. The third-order valence-corrected chi connectivity index (χ3v) is 3.60. The molecule has 0 heterocycles. The predicted octanol–water partition coefficient (Wildman–Crippen LogP) is 1.19. The van der Waals surface area contributed by atoms with E-state index in [4.69, 9.17) is 4.74 Å². The van der Waals surface area contributed by atoms with Gasteiger partial charge in [0, 0.05) is 32.7 Å². The van der Waals surface area contributed by atoms with E-state index in [0.29, 0.717) is 38.7 Å². The highest BCUT2D eigenvalue weighted by Crippen LogP contribution is 2.17. The van der Waals surface area contributed by atoms with Crippen molar-refractivity contribution in [2.45, 2.75) is 44.6 Å². The van der Waals surface area contributed by atoms with E-state index in [1.807, 2.05) is 0 Å². The third kappa shape index (κ3) is 8.67. The van der Waals surface area contributed by atoms with Gasteiger partial charge in [0.2, 0.25) is 5.91 Å². The molecule has 0 saturated heterocycles. The van der Waals surface area contributed by atoms with Crippen molar-refractivity contribution in [1.82, 2.24) is 16.0 Å². The topological polar surface area (TPSA) is 74.8 Å². The van der Waals surface area contributed by atoms with Crippen LogP contribution in [0, 0.1) is 0 Å². The van der Waals surface area contributed by atoms with Crippen molar-refractivity contribution in [3.8, 4) is 0 Å². The van der Waals surface area contributed by atoms with Gasteiger partial charge < -0.3 is 20.7 Å². The zero-order valence-electron chi connectivity index (χ0n) is 13.7. The van der Waals surface area contributed by atoms with Gasteiger partial charge in [-0.2, -0.15) is 0 Å². The number of carbonyl (C=O) groups excluding carboxylic acids is 1. The predicted molar refractivity (Wildman–Crippen MR) is 90.0 cm³/mol. The van der Waals surface area contributed by atoms with E-state index in [1.165, 1.54) is 32.1 Å². The number of rotatable bonds is 9. The first-order chi connectivity index (χ1) is 10.8. The molecule has 1 aliphatic carbocycles. The van der Waals surface area contributed by atoms with Crippen molar-refractivity contribution < 1.29 is 9.53 Å². The SMILES string of the molecule is C=CCNC(=NCCC(=O)NCCOC)NC1CCCCC1. The maximum absolute atomic E-state index is 11.6. The lowest BCUT2D eigenvalue weighted by Gasteiger charge is -2.24. The van der Waals surface area contributed by atoms with Crippen LogP contribution in [-0.2, 0) is 9.53 Å². The molecule has 126 valence electrons. The highest BCUT2D eigenvalue weighted by Gasteiger charge is 2.14. The molecular formula is C16H30N4O2. The fourth-order valence-electron chi connectivity index (χ4n) is 2.41. The number of methoxy groups -OCH3 is 1. The minimum absolute atomic E-state index is 0.00142. The van der Waals surface area contributed by atoms with E-state index < -0.39 is 0 Å². The van der Waals surface area contributed by atoms with Crippen LogP contribution < -0.4 is 16.0 Å². The molecule has 6 heteroatoms. The van der Waals surface area contributed by atoms with Crippen LogP contribution in [0.2, 0.25) is 0 Å². The third-order valence-electron chi connectivity index (χ3n) is 3.60. The molecule has 0 aromatic rings. The lowest BCUT2D eigenvalue weighted by atomic mass is 9.96. The van der Waals surface area contributed by atoms with E-state index in [0.717, 1.165) is 5.96 Å². The molecule has 1 amide bonds. The highest BCUT2D eigenvalue weighted by molar-refractivity contribution is 5.81. The lowest BCUT2D eigenvalue weighted by molar-refractivity contribution is -0.121. The number of amides is 1. The Morgan fingerprint density at radius 1 is 1.32 bits per heavy atom. The number of aliphatic imine (C=N–C) groups is 1. The fourth-order valence-corrected chi connectivity index (χ4v) is 2.41. The molecule has 0 aromatic carbocycles. The van der Waals surface area contributed by atoms with Crippen LogP contribution in [-0.4, -0.2) is 51.3 Å². The summed E-state index contributed by atoms with van der Waals surface area (Å²) in [6.45, 7) is 5.92. The average Bonchev–Trinajstić information content (AvgIpc) is 2.53. The number of carbonyl (C=O) groups is 1. The Bertz CT molecular complexity index is 352. The van der Waals surface area contributed by atoms with Gasteiger partial charge in [-0.3, -0.25) is 9.79 Å². The van der Waals surface area contributed by atoms with Crippen molar-refractivity contribution in [3.63, 3.8) is 0 Å². The first kappa shape index (κ1) is 18.5. The van der Waals surface area contributed by atoms with Crippen molar-refractivity contribution in [2.75, 3.05) is 33.4 Å². The molecule has 0 atom stereocenters. The van der Waals surface area contributed by atoms with Crippen molar-refractivity contribution >= 4 is 11.9 Å². The minimum atomic E-state index is 0.00142. The highest BCUT2D eigenvalue weighted by atomic mass is 16.5. The summed E-state index contributed by atoms with van der Waals surface area (Å²) in [6.07, 6.45) is 8.43. The van der Waals surface area contributed by atoms with E-state index in [-0.39, 0.29) is 5.91 Å². The second-order valence-electron chi connectivity index (χ2n) is 5.47. The number of ether oxygens (including phenoxy) is 1. The van der Waals surface area contributed by atoms with Crippen LogP contribution in [0.25, 0.3) is 0 Å². The molecule has 0 aromatic heterocycles. The molecule has 1 fully saturated rings. The number of nitrogens with one attached hydrogen (secondary N) is 3. The van der Waals surface area contributed by atoms with Gasteiger partial charge in [-0.1, -0.05) is 25.3 Å². The Hall–Kier alpha value is -1.56. The summed E-state index contributed by atoms with van der Waals surface area (Å²) < 4.78 is 4.89. The van der Waals surface area contributed by atoms with Crippen molar-refractivity contribution in [3.05, 3.63) is 12.7 Å². The van der Waals surface area contributed by atoms with Crippen LogP contribution in [0.3, 0.4) is 0 Å². The van der Waals surface area contributed by atoms with Crippen LogP contribution in [0.4, 0.5) is 0 Å². The molecule has 1 aliphatic rings. The second-order valence-corrected chi connectivity index (χ2v) is 5.47. The molecular weight excluding hydrogens is 280 g/mol. The maximum atomic E-state index is 11.6. The van der Waals surface area contributed by atoms with Crippen LogP contribution in [0.5, 0.6) is 0 Å². The summed E-state index contributed by atoms with van der Waals surface area (Å²) in [7, 11) is 1.62. The first-order valence-corrected chi connectivity index (χ1v) is 8.17. The molecule has 1 rings (SSSR count).